The molecule has 1 N–H and O–H groups in total. The Balaban J connectivity index is 2.11. The molecule has 0 saturated heterocycles. The Morgan fingerprint density at radius 2 is 2.28 bits per heavy atom. The Bertz CT molecular complexity index is 525. The molecular weight excluding hydrogens is 250 g/mol. The minimum atomic E-state index is 0.495. The Morgan fingerprint density at radius 3 is 2.94 bits per heavy atom. The standard InChI is InChI=1S/C13H16ClN3O/c1-15-6-10-5-11(14)3-4-13(10)18-8-12-7-16-9-17(12)2/h3-5,7,9,15H,6,8H2,1-2H3. The highest BCUT2D eigenvalue weighted by atomic mass is 35.5. The van der Waals surface area contributed by atoms with Crippen LogP contribution in [0.1, 0.15) is 11.3 Å². The fraction of sp³-hybridized carbons (Fsp3) is 0.308. The molecule has 0 aliphatic rings. The minimum Gasteiger partial charge on any atom is -0.487 e. The average molecular weight is 266 g/mol. The van der Waals surface area contributed by atoms with Crippen molar-refractivity contribution in [2.24, 2.45) is 7.05 Å². The largest absolute Gasteiger partial charge is 0.487 e. The summed E-state index contributed by atoms with van der Waals surface area (Å²) in [5.41, 5.74) is 2.08. The van der Waals surface area contributed by atoms with Gasteiger partial charge in [-0.25, -0.2) is 4.98 Å². The lowest BCUT2D eigenvalue weighted by Gasteiger charge is -2.12. The molecule has 0 atom stereocenters. The molecule has 0 amide bonds. The number of aryl methyl sites for hydroxylation is 1. The number of benzene rings is 1. The van der Waals surface area contributed by atoms with Gasteiger partial charge in [0, 0.05) is 24.2 Å². The highest BCUT2D eigenvalue weighted by Crippen LogP contribution is 2.23. The second-order valence-electron chi connectivity index (χ2n) is 4.07. The SMILES string of the molecule is CNCc1cc(Cl)ccc1OCc1cncn1C. The van der Waals surface area contributed by atoms with Crippen LogP contribution in [-0.2, 0) is 20.2 Å². The molecule has 0 aliphatic heterocycles. The summed E-state index contributed by atoms with van der Waals surface area (Å²) < 4.78 is 7.75. The first-order valence-corrected chi connectivity index (χ1v) is 6.09. The van der Waals surface area contributed by atoms with Crippen molar-refractivity contribution in [3.63, 3.8) is 0 Å². The predicted molar refractivity (Wildman–Crippen MR) is 71.8 cm³/mol. The molecular formula is C13H16ClN3O. The van der Waals surface area contributed by atoms with Crippen LogP contribution < -0.4 is 10.1 Å². The van der Waals surface area contributed by atoms with Gasteiger partial charge >= 0.3 is 0 Å². The van der Waals surface area contributed by atoms with E-state index in [0.717, 1.165) is 23.6 Å². The smallest absolute Gasteiger partial charge is 0.130 e. The van der Waals surface area contributed by atoms with Crippen LogP contribution in [0.2, 0.25) is 5.02 Å². The van der Waals surface area contributed by atoms with E-state index >= 15 is 0 Å². The molecule has 1 heterocycles. The maximum absolute atomic E-state index is 5.98. The second kappa shape index (κ2) is 5.89. The number of nitrogens with one attached hydrogen (secondary N) is 1. The molecule has 0 saturated carbocycles. The van der Waals surface area contributed by atoms with Gasteiger partial charge in [-0.3, -0.25) is 0 Å². The highest BCUT2D eigenvalue weighted by molar-refractivity contribution is 6.30. The summed E-state index contributed by atoms with van der Waals surface area (Å²) >= 11 is 5.98. The molecule has 0 spiro atoms. The second-order valence-corrected chi connectivity index (χ2v) is 4.50. The number of imidazole rings is 1. The van der Waals surface area contributed by atoms with Crippen LogP contribution in [0.4, 0.5) is 0 Å². The molecule has 0 bridgehead atoms. The van der Waals surface area contributed by atoms with E-state index in [9.17, 15) is 0 Å². The molecule has 2 aromatic rings. The zero-order valence-electron chi connectivity index (χ0n) is 10.5. The van der Waals surface area contributed by atoms with Crippen molar-refractivity contribution in [2.45, 2.75) is 13.2 Å². The minimum absolute atomic E-state index is 0.495. The number of nitrogens with zero attached hydrogens (tertiary/aromatic N) is 2. The van der Waals surface area contributed by atoms with Gasteiger partial charge in [0.15, 0.2) is 0 Å². The topological polar surface area (TPSA) is 39.1 Å². The van der Waals surface area contributed by atoms with Crippen LogP contribution in [0.15, 0.2) is 30.7 Å². The maximum Gasteiger partial charge on any atom is 0.130 e. The van der Waals surface area contributed by atoms with Gasteiger partial charge in [-0.1, -0.05) is 11.6 Å². The van der Waals surface area contributed by atoms with E-state index in [2.05, 4.69) is 10.3 Å². The van der Waals surface area contributed by atoms with Crippen LogP contribution in [0.25, 0.3) is 0 Å². The van der Waals surface area contributed by atoms with Gasteiger partial charge in [-0.15, -0.1) is 0 Å². The normalized spacial score (nSPS) is 10.6. The van der Waals surface area contributed by atoms with E-state index in [0.29, 0.717) is 11.6 Å². The summed E-state index contributed by atoms with van der Waals surface area (Å²) in [6.45, 7) is 1.22. The zero-order chi connectivity index (χ0) is 13.0. The number of halogens is 1. The maximum atomic E-state index is 5.98. The van der Waals surface area contributed by atoms with Gasteiger partial charge in [0.2, 0.25) is 0 Å². The van der Waals surface area contributed by atoms with E-state index in [-0.39, 0.29) is 0 Å². The molecule has 5 heteroatoms. The predicted octanol–water partition coefficient (Wildman–Crippen LogP) is 2.37. The molecule has 4 nitrogen and oxygen atoms in total. The molecule has 1 aromatic carbocycles. The quantitative estimate of drug-likeness (QED) is 0.902. The number of hydrogen-bond acceptors (Lipinski definition) is 3. The summed E-state index contributed by atoms with van der Waals surface area (Å²) in [6, 6.07) is 5.64. The first-order chi connectivity index (χ1) is 8.70. The monoisotopic (exact) mass is 265 g/mol. The summed E-state index contributed by atoms with van der Waals surface area (Å²) in [4.78, 5) is 4.06. The van der Waals surface area contributed by atoms with Crippen molar-refractivity contribution in [3.8, 4) is 5.75 Å². The third-order valence-electron chi connectivity index (χ3n) is 2.68. The fourth-order valence-electron chi connectivity index (χ4n) is 1.69. The third-order valence-corrected chi connectivity index (χ3v) is 2.92. The fourth-order valence-corrected chi connectivity index (χ4v) is 1.89. The lowest BCUT2D eigenvalue weighted by Crippen LogP contribution is -2.08. The van der Waals surface area contributed by atoms with Crippen molar-refractivity contribution in [2.75, 3.05) is 7.05 Å². The molecule has 0 unspecified atom stereocenters. The van der Waals surface area contributed by atoms with Gasteiger partial charge < -0.3 is 14.6 Å². The lowest BCUT2D eigenvalue weighted by atomic mass is 10.2. The van der Waals surface area contributed by atoms with Gasteiger partial charge in [0.1, 0.15) is 12.4 Å². The molecule has 0 aliphatic carbocycles. The Hall–Kier alpha value is -1.52. The highest BCUT2D eigenvalue weighted by Gasteiger charge is 2.06. The summed E-state index contributed by atoms with van der Waals surface area (Å²) in [5, 5.41) is 3.82. The average Bonchev–Trinajstić information content (AvgIpc) is 2.74. The number of hydrogen-bond donors (Lipinski definition) is 1. The van der Waals surface area contributed by atoms with E-state index in [1.165, 1.54) is 0 Å². The van der Waals surface area contributed by atoms with Crippen LogP contribution in [0.5, 0.6) is 5.75 Å². The van der Waals surface area contributed by atoms with E-state index in [4.69, 9.17) is 16.3 Å². The lowest BCUT2D eigenvalue weighted by molar-refractivity contribution is 0.293. The number of aromatic nitrogens is 2. The first-order valence-electron chi connectivity index (χ1n) is 5.71. The Kier molecular flexibility index (Phi) is 4.23. The third kappa shape index (κ3) is 3.03. The van der Waals surface area contributed by atoms with Crippen molar-refractivity contribution in [1.82, 2.24) is 14.9 Å². The zero-order valence-corrected chi connectivity index (χ0v) is 11.2. The van der Waals surface area contributed by atoms with Crippen molar-refractivity contribution < 1.29 is 4.74 Å². The number of rotatable bonds is 5. The van der Waals surface area contributed by atoms with Gasteiger partial charge in [-0.2, -0.15) is 0 Å². The van der Waals surface area contributed by atoms with Crippen LogP contribution >= 0.6 is 11.6 Å². The van der Waals surface area contributed by atoms with Gasteiger partial charge in [-0.05, 0) is 25.2 Å². The molecule has 0 radical (unpaired) electrons. The van der Waals surface area contributed by atoms with E-state index in [1.54, 1.807) is 12.5 Å². The van der Waals surface area contributed by atoms with Crippen LogP contribution in [0, 0.1) is 0 Å². The summed E-state index contributed by atoms with van der Waals surface area (Å²) in [6.07, 6.45) is 3.56. The Labute approximate surface area is 112 Å². The molecule has 1 aromatic heterocycles. The van der Waals surface area contributed by atoms with Crippen molar-refractivity contribution in [1.29, 1.82) is 0 Å². The number of ether oxygens (including phenoxy) is 1. The van der Waals surface area contributed by atoms with E-state index < -0.39 is 0 Å². The van der Waals surface area contributed by atoms with Gasteiger partial charge in [0.05, 0.1) is 18.2 Å². The molecule has 96 valence electrons. The van der Waals surface area contributed by atoms with Crippen molar-refractivity contribution in [3.05, 3.63) is 47.0 Å². The Morgan fingerprint density at radius 1 is 1.44 bits per heavy atom. The van der Waals surface area contributed by atoms with Crippen LogP contribution in [-0.4, -0.2) is 16.6 Å². The van der Waals surface area contributed by atoms with Crippen LogP contribution in [0.3, 0.4) is 0 Å². The van der Waals surface area contributed by atoms with E-state index in [1.807, 2.05) is 36.9 Å². The van der Waals surface area contributed by atoms with Gasteiger partial charge in [0.25, 0.3) is 0 Å². The van der Waals surface area contributed by atoms with Crippen molar-refractivity contribution >= 4 is 11.6 Å². The summed E-state index contributed by atoms with van der Waals surface area (Å²) in [5.74, 6) is 0.843. The first kappa shape index (κ1) is 12.9. The summed E-state index contributed by atoms with van der Waals surface area (Å²) in [7, 11) is 3.84. The molecule has 18 heavy (non-hydrogen) atoms. The molecule has 0 fully saturated rings. The molecule has 2 rings (SSSR count).